The maximum Gasteiger partial charge on any atom is 0.387 e. The lowest BCUT2D eigenvalue weighted by Crippen LogP contribution is -2.24. The van der Waals surface area contributed by atoms with Crippen molar-refractivity contribution in [1.82, 2.24) is 5.32 Å². The number of hydrogen-bond donors (Lipinski definition) is 1. The topological polar surface area (TPSA) is 38.3 Å². The standard InChI is InChI=1S/C18H16F3NO2/c1-12(13-6-9-15(19)10-7-13)22-17(23)11-8-14-4-2-3-5-16(14)24-18(20)21/h2-12,18H,1H3,(H,22,23)/b11-8+. The molecule has 1 unspecified atom stereocenters. The van der Waals surface area contributed by atoms with Gasteiger partial charge < -0.3 is 10.1 Å². The van der Waals surface area contributed by atoms with Crippen LogP contribution in [-0.4, -0.2) is 12.5 Å². The SMILES string of the molecule is CC(NC(=O)/C=C/c1ccccc1OC(F)F)c1ccc(F)cc1. The van der Waals surface area contributed by atoms with Crippen LogP contribution in [0, 0.1) is 5.82 Å². The zero-order valence-corrected chi connectivity index (χ0v) is 12.9. The number of para-hydroxylation sites is 1. The minimum atomic E-state index is -2.94. The van der Waals surface area contributed by atoms with Gasteiger partial charge in [-0.25, -0.2) is 4.39 Å². The molecule has 2 rings (SSSR count). The molecule has 126 valence electrons. The van der Waals surface area contributed by atoms with Crippen molar-refractivity contribution in [2.75, 3.05) is 0 Å². The molecule has 0 saturated carbocycles. The van der Waals surface area contributed by atoms with Crippen LogP contribution in [0.15, 0.2) is 54.6 Å². The van der Waals surface area contributed by atoms with Crippen LogP contribution >= 0.6 is 0 Å². The molecule has 0 aliphatic heterocycles. The first-order valence-corrected chi connectivity index (χ1v) is 7.23. The molecule has 0 heterocycles. The lowest BCUT2D eigenvalue weighted by Gasteiger charge is -2.13. The zero-order chi connectivity index (χ0) is 17.5. The summed E-state index contributed by atoms with van der Waals surface area (Å²) in [7, 11) is 0. The van der Waals surface area contributed by atoms with Crippen LogP contribution in [-0.2, 0) is 4.79 Å². The van der Waals surface area contributed by atoms with Gasteiger partial charge in [-0.15, -0.1) is 0 Å². The predicted molar refractivity (Wildman–Crippen MR) is 85.1 cm³/mol. The molecular formula is C18H16F3NO2. The van der Waals surface area contributed by atoms with E-state index < -0.39 is 12.5 Å². The molecule has 1 amide bonds. The van der Waals surface area contributed by atoms with Crippen LogP contribution < -0.4 is 10.1 Å². The van der Waals surface area contributed by atoms with E-state index in [2.05, 4.69) is 10.1 Å². The Kier molecular flexibility index (Phi) is 6.01. The third kappa shape index (κ3) is 5.15. The molecule has 3 nitrogen and oxygen atoms in total. The monoisotopic (exact) mass is 335 g/mol. The third-order valence-corrected chi connectivity index (χ3v) is 3.28. The van der Waals surface area contributed by atoms with Gasteiger partial charge in [0.15, 0.2) is 0 Å². The van der Waals surface area contributed by atoms with Gasteiger partial charge in [-0.2, -0.15) is 8.78 Å². The maximum absolute atomic E-state index is 12.9. The van der Waals surface area contributed by atoms with Gasteiger partial charge in [0, 0.05) is 11.6 Å². The number of halogens is 3. The summed E-state index contributed by atoms with van der Waals surface area (Å²) in [5.74, 6) is -0.769. The molecule has 0 saturated heterocycles. The van der Waals surface area contributed by atoms with Gasteiger partial charge in [0.05, 0.1) is 6.04 Å². The minimum absolute atomic E-state index is 0.0110. The highest BCUT2D eigenvalue weighted by Crippen LogP contribution is 2.21. The Bertz CT molecular complexity index is 714. The van der Waals surface area contributed by atoms with E-state index in [4.69, 9.17) is 0 Å². The summed E-state index contributed by atoms with van der Waals surface area (Å²) in [6.07, 6.45) is 2.62. The van der Waals surface area contributed by atoms with Crippen molar-refractivity contribution in [2.45, 2.75) is 19.6 Å². The van der Waals surface area contributed by atoms with Crippen molar-refractivity contribution >= 4 is 12.0 Å². The van der Waals surface area contributed by atoms with Gasteiger partial charge in [0.25, 0.3) is 0 Å². The Labute approximate surface area is 137 Å². The van der Waals surface area contributed by atoms with Crippen LogP contribution in [0.3, 0.4) is 0 Å². The van der Waals surface area contributed by atoms with Gasteiger partial charge in [0.1, 0.15) is 11.6 Å². The average molecular weight is 335 g/mol. The van der Waals surface area contributed by atoms with Gasteiger partial charge in [-0.1, -0.05) is 30.3 Å². The highest BCUT2D eigenvalue weighted by atomic mass is 19.3. The maximum atomic E-state index is 12.9. The molecule has 0 aromatic heterocycles. The van der Waals surface area contributed by atoms with E-state index in [0.717, 1.165) is 5.56 Å². The van der Waals surface area contributed by atoms with Gasteiger partial charge in [0.2, 0.25) is 5.91 Å². The third-order valence-electron chi connectivity index (χ3n) is 3.28. The highest BCUT2D eigenvalue weighted by molar-refractivity contribution is 5.92. The molecule has 2 aromatic rings. The summed E-state index contributed by atoms with van der Waals surface area (Å²) in [5, 5.41) is 2.71. The van der Waals surface area contributed by atoms with Crippen molar-refractivity contribution in [3.05, 3.63) is 71.6 Å². The molecular weight excluding hydrogens is 319 g/mol. The van der Waals surface area contributed by atoms with Crippen LogP contribution in [0.2, 0.25) is 0 Å². The van der Waals surface area contributed by atoms with Crippen LogP contribution in [0.1, 0.15) is 24.1 Å². The van der Waals surface area contributed by atoms with Crippen LogP contribution in [0.5, 0.6) is 5.75 Å². The van der Waals surface area contributed by atoms with E-state index in [0.29, 0.717) is 5.56 Å². The van der Waals surface area contributed by atoms with Gasteiger partial charge >= 0.3 is 6.61 Å². The van der Waals surface area contributed by atoms with E-state index >= 15 is 0 Å². The van der Waals surface area contributed by atoms with E-state index in [9.17, 15) is 18.0 Å². The molecule has 0 bridgehead atoms. The number of amides is 1. The largest absolute Gasteiger partial charge is 0.434 e. The quantitative estimate of drug-likeness (QED) is 0.799. The summed E-state index contributed by atoms with van der Waals surface area (Å²) in [5.41, 5.74) is 1.11. The summed E-state index contributed by atoms with van der Waals surface area (Å²) >= 11 is 0. The van der Waals surface area contributed by atoms with Crippen LogP contribution in [0.25, 0.3) is 6.08 Å². The number of ether oxygens (including phenoxy) is 1. The fourth-order valence-electron chi connectivity index (χ4n) is 2.08. The van der Waals surface area contributed by atoms with Gasteiger partial charge in [-0.3, -0.25) is 4.79 Å². The second-order valence-corrected chi connectivity index (χ2v) is 5.03. The number of hydrogen-bond acceptors (Lipinski definition) is 2. The molecule has 0 spiro atoms. The highest BCUT2D eigenvalue weighted by Gasteiger charge is 2.09. The molecule has 0 aliphatic carbocycles. The summed E-state index contributed by atoms with van der Waals surface area (Å²) in [4.78, 5) is 11.9. The normalized spacial score (nSPS) is 12.4. The Morgan fingerprint density at radius 3 is 2.46 bits per heavy atom. The lowest BCUT2D eigenvalue weighted by atomic mass is 10.1. The fraction of sp³-hybridized carbons (Fsp3) is 0.167. The molecule has 0 aliphatic rings. The Morgan fingerprint density at radius 2 is 1.79 bits per heavy atom. The van der Waals surface area contributed by atoms with E-state index in [1.165, 1.54) is 30.4 Å². The summed E-state index contributed by atoms with van der Waals surface area (Å²) < 4.78 is 41.9. The first-order valence-electron chi connectivity index (χ1n) is 7.23. The Balaban J connectivity index is 2.01. The first-order chi connectivity index (χ1) is 11.5. The van der Waals surface area contributed by atoms with Crippen molar-refractivity contribution in [2.24, 2.45) is 0 Å². The summed E-state index contributed by atoms with van der Waals surface area (Å²) in [6, 6.07) is 11.6. The van der Waals surface area contributed by atoms with Crippen molar-refractivity contribution < 1.29 is 22.7 Å². The molecule has 1 N–H and O–H groups in total. The molecule has 0 fully saturated rings. The van der Waals surface area contributed by atoms with E-state index in [-0.39, 0.29) is 17.6 Å². The number of carbonyl (C=O) groups excluding carboxylic acids is 1. The second-order valence-electron chi connectivity index (χ2n) is 5.03. The Morgan fingerprint density at radius 1 is 1.12 bits per heavy atom. The first kappa shape index (κ1) is 17.6. The van der Waals surface area contributed by atoms with Gasteiger partial charge in [-0.05, 0) is 36.8 Å². The number of alkyl halides is 2. The zero-order valence-electron chi connectivity index (χ0n) is 12.9. The summed E-state index contributed by atoms with van der Waals surface area (Å²) in [6.45, 7) is -1.18. The molecule has 24 heavy (non-hydrogen) atoms. The lowest BCUT2D eigenvalue weighted by molar-refractivity contribution is -0.117. The number of carbonyl (C=O) groups is 1. The molecule has 0 radical (unpaired) electrons. The molecule has 1 atom stereocenters. The second kappa shape index (κ2) is 8.19. The van der Waals surface area contributed by atoms with Crippen molar-refractivity contribution in [3.8, 4) is 5.75 Å². The number of benzene rings is 2. The Hall–Kier alpha value is -2.76. The molecule has 2 aromatic carbocycles. The number of rotatable bonds is 6. The predicted octanol–water partition coefficient (Wildman–Crippen LogP) is 4.32. The average Bonchev–Trinajstić information content (AvgIpc) is 2.54. The fourth-order valence-corrected chi connectivity index (χ4v) is 2.08. The van der Waals surface area contributed by atoms with Crippen LogP contribution in [0.4, 0.5) is 13.2 Å². The molecule has 6 heteroatoms. The van der Waals surface area contributed by atoms with Crippen molar-refractivity contribution in [1.29, 1.82) is 0 Å². The smallest absolute Gasteiger partial charge is 0.387 e. The van der Waals surface area contributed by atoms with E-state index in [1.54, 1.807) is 37.3 Å². The minimum Gasteiger partial charge on any atom is -0.434 e. The van der Waals surface area contributed by atoms with Crippen molar-refractivity contribution in [3.63, 3.8) is 0 Å². The number of nitrogens with one attached hydrogen (secondary N) is 1. The van der Waals surface area contributed by atoms with E-state index in [1.807, 2.05) is 0 Å².